The van der Waals surface area contributed by atoms with Crippen LogP contribution in [0.15, 0.2) is 0 Å². The van der Waals surface area contributed by atoms with E-state index >= 15 is 0 Å². The van der Waals surface area contributed by atoms with E-state index in [1.165, 1.54) is 30.5 Å². The predicted octanol–water partition coefficient (Wildman–Crippen LogP) is 0.632. The monoisotopic (exact) mass is 195 g/mol. The molecule has 0 bridgehead atoms. The second kappa shape index (κ2) is 3.65. The van der Waals surface area contributed by atoms with Crippen molar-refractivity contribution >= 4 is 0 Å². The molecule has 1 aliphatic rings. The molecule has 0 aromatic carbocycles. The van der Waals surface area contributed by atoms with Gasteiger partial charge in [0.2, 0.25) is 0 Å². The molecule has 2 rings (SSSR count). The molecule has 0 aliphatic heterocycles. The molecule has 0 amide bonds. The normalized spacial score (nSPS) is 19.3. The van der Waals surface area contributed by atoms with Crippen LogP contribution in [-0.2, 0) is 13.6 Å². The predicted molar refractivity (Wildman–Crippen MR) is 52.5 cm³/mol. The third-order valence-corrected chi connectivity index (χ3v) is 3.16. The Labute approximate surface area is 83.9 Å². The average molecular weight is 195 g/mol. The zero-order valence-electron chi connectivity index (χ0n) is 8.82. The molecule has 78 valence electrons. The van der Waals surface area contributed by atoms with Crippen molar-refractivity contribution in [3.63, 3.8) is 0 Å². The number of nitrogens with one attached hydrogen (secondary N) is 1. The first-order valence-electron chi connectivity index (χ1n) is 5.22. The van der Waals surface area contributed by atoms with Gasteiger partial charge in [-0.15, -0.1) is 10.2 Å². The van der Waals surface area contributed by atoms with E-state index in [0.29, 0.717) is 5.54 Å². The zero-order chi connectivity index (χ0) is 10.0. The number of hydrogen-bond acceptors (Lipinski definition) is 4. The van der Waals surface area contributed by atoms with Crippen molar-refractivity contribution in [2.45, 2.75) is 44.7 Å². The van der Waals surface area contributed by atoms with Crippen LogP contribution >= 0.6 is 0 Å². The molecular weight excluding hydrogens is 178 g/mol. The zero-order valence-corrected chi connectivity index (χ0v) is 8.82. The molecule has 1 aromatic heterocycles. The molecule has 0 spiro atoms. The lowest BCUT2D eigenvalue weighted by molar-refractivity contribution is 0.174. The Balaban J connectivity index is 1.87. The minimum absolute atomic E-state index is 0.360. The minimum Gasteiger partial charge on any atom is -0.304 e. The van der Waals surface area contributed by atoms with Gasteiger partial charge in [-0.1, -0.05) is 6.92 Å². The van der Waals surface area contributed by atoms with Crippen LogP contribution in [-0.4, -0.2) is 25.7 Å². The molecule has 1 saturated carbocycles. The van der Waals surface area contributed by atoms with Gasteiger partial charge in [0.15, 0.2) is 5.82 Å². The van der Waals surface area contributed by atoms with Gasteiger partial charge >= 0.3 is 0 Å². The molecule has 1 heterocycles. The number of nitrogens with zero attached hydrogens (tertiary/aromatic N) is 4. The summed E-state index contributed by atoms with van der Waals surface area (Å²) in [5, 5.41) is 15.4. The number of aromatic nitrogens is 4. The number of hydrogen-bond donors (Lipinski definition) is 1. The second-order valence-corrected chi connectivity index (χ2v) is 4.04. The van der Waals surface area contributed by atoms with Gasteiger partial charge in [0.1, 0.15) is 0 Å². The molecule has 0 radical (unpaired) electrons. The van der Waals surface area contributed by atoms with Crippen LogP contribution in [0.4, 0.5) is 0 Å². The molecule has 0 unspecified atom stereocenters. The summed E-state index contributed by atoms with van der Waals surface area (Å²) < 4.78 is 0. The lowest BCUT2D eigenvalue weighted by Gasteiger charge is -2.42. The highest BCUT2D eigenvalue weighted by Crippen LogP contribution is 2.34. The van der Waals surface area contributed by atoms with E-state index in [2.05, 4.69) is 27.7 Å². The van der Waals surface area contributed by atoms with E-state index in [1.807, 2.05) is 0 Å². The van der Waals surface area contributed by atoms with Gasteiger partial charge in [0.05, 0.1) is 13.6 Å². The van der Waals surface area contributed by atoms with E-state index in [4.69, 9.17) is 0 Å². The summed E-state index contributed by atoms with van der Waals surface area (Å²) in [4.78, 5) is 1.50. The molecular formula is C9H17N5. The minimum atomic E-state index is 0.360. The summed E-state index contributed by atoms with van der Waals surface area (Å²) in [6.45, 7) is 2.97. The van der Waals surface area contributed by atoms with Gasteiger partial charge in [0.25, 0.3) is 0 Å². The smallest absolute Gasteiger partial charge is 0.188 e. The molecule has 1 aliphatic carbocycles. The Morgan fingerprint density at radius 3 is 2.71 bits per heavy atom. The number of rotatable bonds is 4. The first-order chi connectivity index (χ1) is 6.74. The quantitative estimate of drug-likeness (QED) is 0.765. The Morgan fingerprint density at radius 2 is 2.29 bits per heavy atom. The van der Waals surface area contributed by atoms with Crippen molar-refractivity contribution in [3.05, 3.63) is 5.82 Å². The molecule has 5 heteroatoms. The Kier molecular flexibility index (Phi) is 2.50. The van der Waals surface area contributed by atoms with Crippen LogP contribution in [0.2, 0.25) is 0 Å². The van der Waals surface area contributed by atoms with Crippen molar-refractivity contribution in [2.24, 2.45) is 7.05 Å². The SMILES string of the molecule is CCC1(NCc2nnn(C)n2)CCC1. The summed E-state index contributed by atoms with van der Waals surface area (Å²) in [7, 11) is 1.79. The van der Waals surface area contributed by atoms with Crippen LogP contribution in [0.1, 0.15) is 38.4 Å². The van der Waals surface area contributed by atoms with Gasteiger partial charge in [-0.3, -0.25) is 0 Å². The fourth-order valence-electron chi connectivity index (χ4n) is 1.92. The molecule has 0 saturated heterocycles. The van der Waals surface area contributed by atoms with Crippen molar-refractivity contribution in [3.8, 4) is 0 Å². The van der Waals surface area contributed by atoms with Gasteiger partial charge in [0, 0.05) is 5.54 Å². The molecule has 1 aromatic rings. The summed E-state index contributed by atoms with van der Waals surface area (Å²) in [5.74, 6) is 0.784. The van der Waals surface area contributed by atoms with Crippen LogP contribution < -0.4 is 5.32 Å². The average Bonchev–Trinajstić information content (AvgIpc) is 2.50. The summed E-state index contributed by atoms with van der Waals surface area (Å²) in [6, 6.07) is 0. The van der Waals surface area contributed by atoms with E-state index in [0.717, 1.165) is 12.4 Å². The topological polar surface area (TPSA) is 55.6 Å². The van der Waals surface area contributed by atoms with E-state index in [1.54, 1.807) is 7.05 Å². The lowest BCUT2D eigenvalue weighted by Crippen LogP contribution is -2.50. The first-order valence-corrected chi connectivity index (χ1v) is 5.22. The van der Waals surface area contributed by atoms with Gasteiger partial charge in [-0.25, -0.2) is 0 Å². The van der Waals surface area contributed by atoms with Gasteiger partial charge < -0.3 is 5.32 Å². The second-order valence-electron chi connectivity index (χ2n) is 4.04. The fourth-order valence-corrected chi connectivity index (χ4v) is 1.92. The maximum Gasteiger partial charge on any atom is 0.188 e. The molecule has 5 nitrogen and oxygen atoms in total. The van der Waals surface area contributed by atoms with Gasteiger partial charge in [-0.2, -0.15) is 4.80 Å². The van der Waals surface area contributed by atoms with Crippen LogP contribution in [0, 0.1) is 0 Å². The van der Waals surface area contributed by atoms with Crippen LogP contribution in [0.25, 0.3) is 0 Å². The Hall–Kier alpha value is -0.970. The third-order valence-electron chi connectivity index (χ3n) is 3.16. The first kappa shape index (κ1) is 9.58. The number of aryl methyl sites for hydroxylation is 1. The highest BCUT2D eigenvalue weighted by atomic mass is 15.6. The standard InChI is InChI=1S/C9H17N5/c1-3-9(5-4-6-9)10-7-8-11-13-14(2)12-8/h10H,3-7H2,1-2H3. The summed E-state index contributed by atoms with van der Waals surface area (Å²) in [6.07, 6.45) is 5.09. The maximum absolute atomic E-state index is 4.14. The van der Waals surface area contributed by atoms with Crippen LogP contribution in [0.3, 0.4) is 0 Å². The Bertz CT molecular complexity index is 296. The third kappa shape index (κ3) is 1.77. The summed E-state index contributed by atoms with van der Waals surface area (Å²) >= 11 is 0. The molecule has 1 N–H and O–H groups in total. The molecule has 1 fully saturated rings. The Morgan fingerprint density at radius 1 is 1.50 bits per heavy atom. The largest absolute Gasteiger partial charge is 0.304 e. The molecule has 14 heavy (non-hydrogen) atoms. The highest BCUT2D eigenvalue weighted by molar-refractivity contribution is 4.95. The van der Waals surface area contributed by atoms with Crippen molar-refractivity contribution in [1.29, 1.82) is 0 Å². The van der Waals surface area contributed by atoms with E-state index < -0.39 is 0 Å². The maximum atomic E-state index is 4.14. The highest BCUT2D eigenvalue weighted by Gasteiger charge is 2.34. The summed E-state index contributed by atoms with van der Waals surface area (Å²) in [5.41, 5.74) is 0.360. The number of tetrazole rings is 1. The fraction of sp³-hybridized carbons (Fsp3) is 0.889. The van der Waals surface area contributed by atoms with E-state index in [-0.39, 0.29) is 0 Å². The molecule has 0 atom stereocenters. The van der Waals surface area contributed by atoms with Crippen molar-refractivity contribution in [1.82, 2.24) is 25.5 Å². The van der Waals surface area contributed by atoms with Crippen molar-refractivity contribution < 1.29 is 0 Å². The van der Waals surface area contributed by atoms with Gasteiger partial charge in [-0.05, 0) is 30.9 Å². The van der Waals surface area contributed by atoms with E-state index in [9.17, 15) is 0 Å². The van der Waals surface area contributed by atoms with Crippen LogP contribution in [0.5, 0.6) is 0 Å². The van der Waals surface area contributed by atoms with Crippen molar-refractivity contribution in [2.75, 3.05) is 0 Å². The lowest BCUT2D eigenvalue weighted by atomic mass is 9.75.